The van der Waals surface area contributed by atoms with Crippen molar-refractivity contribution in [1.82, 2.24) is 15.1 Å². The first kappa shape index (κ1) is 15.5. The second-order valence-corrected chi connectivity index (χ2v) is 5.81. The van der Waals surface area contributed by atoms with Crippen LogP contribution in [0.2, 0.25) is 0 Å². The number of ether oxygens (including phenoxy) is 1. The van der Waals surface area contributed by atoms with Crippen molar-refractivity contribution in [2.75, 3.05) is 32.8 Å². The molecule has 0 aromatic heterocycles. The molecule has 2 aliphatic heterocycles. The van der Waals surface area contributed by atoms with E-state index < -0.39 is 17.5 Å². The Hall–Kier alpha value is -2.41. The number of nitrogens with zero attached hydrogens (tertiary/aromatic N) is 2. The van der Waals surface area contributed by atoms with Crippen molar-refractivity contribution in [2.24, 2.45) is 0 Å². The number of urea groups is 1. The van der Waals surface area contributed by atoms with Gasteiger partial charge in [-0.15, -0.1) is 0 Å². The summed E-state index contributed by atoms with van der Waals surface area (Å²) in [5.41, 5.74) is -0.441. The number of benzene rings is 1. The van der Waals surface area contributed by atoms with Crippen LogP contribution >= 0.6 is 0 Å². The van der Waals surface area contributed by atoms with Crippen LogP contribution < -0.4 is 5.32 Å². The average Bonchev–Trinajstić information content (AvgIpc) is 2.81. The maximum Gasteiger partial charge on any atom is 0.325 e. The van der Waals surface area contributed by atoms with Gasteiger partial charge in [-0.3, -0.25) is 14.5 Å². The number of hydrogen-bond acceptors (Lipinski definition) is 4. The number of carbonyl (C=O) groups excluding carboxylic acids is 3. The minimum absolute atomic E-state index is 0.242. The topological polar surface area (TPSA) is 79.0 Å². The Labute approximate surface area is 134 Å². The van der Waals surface area contributed by atoms with Crippen LogP contribution in [0.1, 0.15) is 12.5 Å². The molecule has 2 aliphatic rings. The van der Waals surface area contributed by atoms with E-state index in [4.69, 9.17) is 4.74 Å². The highest BCUT2D eigenvalue weighted by atomic mass is 16.5. The van der Waals surface area contributed by atoms with Crippen molar-refractivity contribution in [3.8, 4) is 0 Å². The molecule has 7 heteroatoms. The molecule has 1 aromatic carbocycles. The molecule has 1 atom stereocenters. The lowest BCUT2D eigenvalue weighted by Gasteiger charge is -2.28. The van der Waals surface area contributed by atoms with Crippen molar-refractivity contribution < 1.29 is 19.1 Å². The molecule has 0 radical (unpaired) electrons. The van der Waals surface area contributed by atoms with Crippen LogP contribution in [0.4, 0.5) is 4.79 Å². The van der Waals surface area contributed by atoms with E-state index >= 15 is 0 Å². The summed E-state index contributed by atoms with van der Waals surface area (Å²) in [5, 5.41) is 2.70. The van der Waals surface area contributed by atoms with Gasteiger partial charge in [0, 0.05) is 13.1 Å². The van der Waals surface area contributed by atoms with Crippen LogP contribution in [-0.4, -0.2) is 60.5 Å². The SMILES string of the molecule is C[C@@]1(c2ccccc2)NC(=O)N(CC(=O)N2CCOCC2)C1=O. The molecular formula is C16H19N3O4. The largest absolute Gasteiger partial charge is 0.378 e. The fourth-order valence-corrected chi connectivity index (χ4v) is 2.86. The second kappa shape index (κ2) is 6.00. The lowest BCUT2D eigenvalue weighted by atomic mass is 9.92. The molecule has 2 heterocycles. The fourth-order valence-electron chi connectivity index (χ4n) is 2.86. The van der Waals surface area contributed by atoms with E-state index in [1.54, 1.807) is 24.0 Å². The molecule has 2 saturated heterocycles. The first-order valence-corrected chi connectivity index (χ1v) is 7.57. The highest BCUT2D eigenvalue weighted by Gasteiger charge is 2.49. The predicted molar refractivity (Wildman–Crippen MR) is 81.4 cm³/mol. The highest BCUT2D eigenvalue weighted by molar-refractivity contribution is 6.09. The van der Waals surface area contributed by atoms with Crippen LogP contribution in [0.15, 0.2) is 30.3 Å². The molecule has 1 N–H and O–H groups in total. The lowest BCUT2D eigenvalue weighted by molar-refractivity contribution is -0.141. The van der Waals surface area contributed by atoms with Crippen molar-refractivity contribution in [3.63, 3.8) is 0 Å². The summed E-state index contributed by atoms with van der Waals surface area (Å²) in [7, 11) is 0. The van der Waals surface area contributed by atoms with Gasteiger partial charge in [-0.05, 0) is 12.5 Å². The number of morpholine rings is 1. The monoisotopic (exact) mass is 317 g/mol. The van der Waals surface area contributed by atoms with Gasteiger partial charge in [0.1, 0.15) is 12.1 Å². The summed E-state index contributed by atoms with van der Waals surface area (Å²) in [6.45, 7) is 3.34. The van der Waals surface area contributed by atoms with E-state index in [1.807, 2.05) is 18.2 Å². The van der Waals surface area contributed by atoms with Gasteiger partial charge in [0.2, 0.25) is 5.91 Å². The van der Waals surface area contributed by atoms with Gasteiger partial charge in [-0.2, -0.15) is 0 Å². The van der Waals surface area contributed by atoms with E-state index in [-0.39, 0.29) is 12.5 Å². The first-order valence-electron chi connectivity index (χ1n) is 7.57. The highest BCUT2D eigenvalue weighted by Crippen LogP contribution is 2.28. The van der Waals surface area contributed by atoms with Crippen molar-refractivity contribution in [1.29, 1.82) is 0 Å². The van der Waals surface area contributed by atoms with E-state index in [1.165, 1.54) is 0 Å². The number of hydrogen-bond donors (Lipinski definition) is 1. The minimum atomic E-state index is -1.14. The fraction of sp³-hybridized carbons (Fsp3) is 0.438. The van der Waals surface area contributed by atoms with Gasteiger partial charge < -0.3 is 15.0 Å². The molecule has 2 fully saturated rings. The van der Waals surface area contributed by atoms with Gasteiger partial charge in [0.15, 0.2) is 0 Å². The van der Waals surface area contributed by atoms with Crippen molar-refractivity contribution >= 4 is 17.8 Å². The molecule has 122 valence electrons. The number of carbonyl (C=O) groups is 3. The van der Waals surface area contributed by atoms with Gasteiger partial charge in [0.05, 0.1) is 13.2 Å². The van der Waals surface area contributed by atoms with Gasteiger partial charge in [-0.1, -0.05) is 30.3 Å². The standard InChI is InChI=1S/C16H19N3O4/c1-16(12-5-3-2-4-6-12)14(21)19(15(22)17-16)11-13(20)18-7-9-23-10-8-18/h2-6H,7-11H2,1H3,(H,17,22)/t16-/m0/s1. The third-order valence-corrected chi connectivity index (χ3v) is 4.28. The molecule has 4 amide bonds. The molecule has 0 spiro atoms. The quantitative estimate of drug-likeness (QED) is 0.814. The molecule has 7 nitrogen and oxygen atoms in total. The summed E-state index contributed by atoms with van der Waals surface area (Å²) in [5.74, 6) is -0.649. The Morgan fingerprint density at radius 2 is 1.87 bits per heavy atom. The molecule has 0 aliphatic carbocycles. The third kappa shape index (κ3) is 2.79. The number of rotatable bonds is 3. The van der Waals surface area contributed by atoms with E-state index in [9.17, 15) is 14.4 Å². The second-order valence-electron chi connectivity index (χ2n) is 5.81. The number of imide groups is 1. The molecule has 23 heavy (non-hydrogen) atoms. The van der Waals surface area contributed by atoms with Crippen LogP contribution in [0.3, 0.4) is 0 Å². The van der Waals surface area contributed by atoms with Crippen LogP contribution in [0.5, 0.6) is 0 Å². The maximum atomic E-state index is 12.7. The average molecular weight is 317 g/mol. The Morgan fingerprint density at radius 1 is 1.22 bits per heavy atom. The number of amides is 4. The molecule has 1 aromatic rings. The third-order valence-electron chi connectivity index (χ3n) is 4.28. The summed E-state index contributed by atoms with van der Waals surface area (Å²) < 4.78 is 5.20. The van der Waals surface area contributed by atoms with E-state index in [0.29, 0.717) is 31.9 Å². The Kier molecular flexibility index (Phi) is 4.04. The lowest BCUT2D eigenvalue weighted by Crippen LogP contribution is -2.47. The van der Waals surface area contributed by atoms with E-state index in [2.05, 4.69) is 5.32 Å². The van der Waals surface area contributed by atoms with Gasteiger partial charge in [0.25, 0.3) is 5.91 Å². The van der Waals surface area contributed by atoms with Crippen molar-refractivity contribution in [3.05, 3.63) is 35.9 Å². The van der Waals surface area contributed by atoms with Crippen LogP contribution in [-0.2, 0) is 19.9 Å². The summed E-state index contributed by atoms with van der Waals surface area (Å²) in [6.07, 6.45) is 0. The van der Waals surface area contributed by atoms with Crippen LogP contribution in [0.25, 0.3) is 0 Å². The minimum Gasteiger partial charge on any atom is -0.378 e. The molecule has 3 rings (SSSR count). The van der Waals surface area contributed by atoms with E-state index in [0.717, 1.165) is 4.90 Å². The Balaban J connectivity index is 1.75. The maximum absolute atomic E-state index is 12.7. The van der Waals surface area contributed by atoms with Crippen LogP contribution in [0, 0.1) is 0 Å². The Bertz CT molecular complexity index is 627. The molecular weight excluding hydrogens is 298 g/mol. The Morgan fingerprint density at radius 3 is 2.52 bits per heavy atom. The predicted octanol–water partition coefficient (Wildman–Crippen LogP) is 0.312. The summed E-state index contributed by atoms with van der Waals surface area (Å²) >= 11 is 0. The zero-order valence-electron chi connectivity index (χ0n) is 12.9. The smallest absolute Gasteiger partial charge is 0.325 e. The van der Waals surface area contributed by atoms with Gasteiger partial charge >= 0.3 is 6.03 Å². The summed E-state index contributed by atoms with van der Waals surface area (Å²) in [6, 6.07) is 8.48. The number of nitrogens with one attached hydrogen (secondary N) is 1. The molecule has 0 bridgehead atoms. The van der Waals surface area contributed by atoms with Crippen molar-refractivity contribution in [2.45, 2.75) is 12.5 Å². The summed E-state index contributed by atoms with van der Waals surface area (Å²) in [4.78, 5) is 39.8. The molecule has 0 unspecified atom stereocenters. The zero-order valence-corrected chi connectivity index (χ0v) is 12.9. The first-order chi connectivity index (χ1) is 11.0. The zero-order chi connectivity index (χ0) is 16.4. The van der Waals surface area contributed by atoms with Gasteiger partial charge in [-0.25, -0.2) is 4.79 Å². The molecule has 0 saturated carbocycles. The normalized spacial score (nSPS) is 24.7.